The SMILES string of the molecule is C=CCNC(=O)C(Cc1ccc2ccccc2c1)NC(=O)C1CCCN1C(=O)C(CC)CC. The van der Waals surface area contributed by atoms with Crippen LogP contribution in [-0.4, -0.2) is 47.8 Å². The fourth-order valence-electron chi connectivity index (χ4n) is 4.55. The van der Waals surface area contributed by atoms with E-state index in [1.54, 1.807) is 11.0 Å². The number of nitrogens with one attached hydrogen (secondary N) is 2. The number of likely N-dealkylation sites (tertiary alicyclic amines) is 1. The normalized spacial score (nSPS) is 16.6. The quantitative estimate of drug-likeness (QED) is 0.544. The number of nitrogens with zero attached hydrogens (tertiary/aromatic N) is 1. The van der Waals surface area contributed by atoms with Crippen molar-refractivity contribution in [1.29, 1.82) is 0 Å². The molecular weight excluding hydrogens is 414 g/mol. The zero-order valence-electron chi connectivity index (χ0n) is 19.7. The second-order valence-electron chi connectivity index (χ2n) is 8.68. The molecule has 1 fully saturated rings. The van der Waals surface area contributed by atoms with Gasteiger partial charge in [0, 0.05) is 25.4 Å². The summed E-state index contributed by atoms with van der Waals surface area (Å²) in [5.41, 5.74) is 0.962. The number of carbonyl (C=O) groups excluding carboxylic acids is 3. The Labute approximate surface area is 196 Å². The van der Waals surface area contributed by atoms with Crippen molar-refractivity contribution in [3.05, 3.63) is 60.7 Å². The van der Waals surface area contributed by atoms with Gasteiger partial charge in [0.05, 0.1) is 0 Å². The highest BCUT2D eigenvalue weighted by atomic mass is 16.2. The van der Waals surface area contributed by atoms with Gasteiger partial charge in [-0.05, 0) is 42.0 Å². The summed E-state index contributed by atoms with van der Waals surface area (Å²) in [6.45, 7) is 8.57. The molecule has 0 saturated carbocycles. The van der Waals surface area contributed by atoms with Gasteiger partial charge in [-0.1, -0.05) is 62.4 Å². The van der Waals surface area contributed by atoms with Gasteiger partial charge in [-0.3, -0.25) is 14.4 Å². The molecule has 0 aromatic heterocycles. The van der Waals surface area contributed by atoms with Gasteiger partial charge in [0.25, 0.3) is 0 Å². The summed E-state index contributed by atoms with van der Waals surface area (Å²) in [5, 5.41) is 7.96. The highest BCUT2D eigenvalue weighted by Crippen LogP contribution is 2.23. The monoisotopic (exact) mass is 449 g/mol. The maximum Gasteiger partial charge on any atom is 0.243 e. The van der Waals surface area contributed by atoms with Gasteiger partial charge in [0.15, 0.2) is 0 Å². The van der Waals surface area contributed by atoms with Crippen molar-refractivity contribution in [2.45, 2.75) is 58.0 Å². The molecule has 2 aromatic carbocycles. The van der Waals surface area contributed by atoms with Crippen LogP contribution in [0.2, 0.25) is 0 Å². The van der Waals surface area contributed by atoms with E-state index in [9.17, 15) is 14.4 Å². The van der Waals surface area contributed by atoms with Gasteiger partial charge in [0.2, 0.25) is 17.7 Å². The Bertz CT molecular complexity index is 999. The van der Waals surface area contributed by atoms with E-state index in [2.05, 4.69) is 17.2 Å². The molecule has 3 rings (SSSR count). The number of hydrogen-bond acceptors (Lipinski definition) is 3. The molecule has 2 N–H and O–H groups in total. The summed E-state index contributed by atoms with van der Waals surface area (Å²) in [6.07, 6.45) is 4.91. The average Bonchev–Trinajstić information content (AvgIpc) is 3.33. The predicted molar refractivity (Wildman–Crippen MR) is 132 cm³/mol. The maximum atomic E-state index is 13.2. The van der Waals surface area contributed by atoms with E-state index in [4.69, 9.17) is 0 Å². The molecule has 0 bridgehead atoms. The number of carbonyl (C=O) groups is 3. The minimum absolute atomic E-state index is 0.0415. The standard InChI is InChI=1S/C27H35N3O3/c1-4-15-28-25(31)23(18-19-13-14-21-10-7-8-11-22(21)17-19)29-26(32)24-12-9-16-30(24)27(33)20(5-2)6-3/h4,7-8,10-11,13-14,17,20,23-24H,1,5-6,9,12,15-16,18H2,2-3H3,(H,28,31)(H,29,32). The average molecular weight is 450 g/mol. The fourth-order valence-corrected chi connectivity index (χ4v) is 4.55. The van der Waals surface area contributed by atoms with Crippen LogP contribution in [0.4, 0.5) is 0 Å². The Kier molecular flexibility index (Phi) is 8.64. The van der Waals surface area contributed by atoms with Gasteiger partial charge in [-0.25, -0.2) is 0 Å². The van der Waals surface area contributed by atoms with Crippen LogP contribution in [0.3, 0.4) is 0 Å². The van der Waals surface area contributed by atoms with Crippen molar-refractivity contribution >= 4 is 28.5 Å². The molecule has 3 amide bonds. The zero-order chi connectivity index (χ0) is 23.8. The van der Waals surface area contributed by atoms with Crippen LogP contribution in [0.5, 0.6) is 0 Å². The first-order valence-electron chi connectivity index (χ1n) is 12.0. The third kappa shape index (κ3) is 6.01. The molecule has 1 saturated heterocycles. The van der Waals surface area contributed by atoms with Crippen molar-refractivity contribution in [3.63, 3.8) is 0 Å². The van der Waals surface area contributed by atoms with E-state index in [0.717, 1.165) is 35.6 Å². The van der Waals surface area contributed by atoms with Gasteiger partial charge in [-0.2, -0.15) is 0 Å². The van der Waals surface area contributed by atoms with E-state index in [0.29, 0.717) is 25.9 Å². The van der Waals surface area contributed by atoms with Crippen LogP contribution in [0, 0.1) is 5.92 Å². The minimum Gasteiger partial charge on any atom is -0.351 e. The maximum absolute atomic E-state index is 13.2. The van der Waals surface area contributed by atoms with Crippen LogP contribution < -0.4 is 10.6 Å². The molecule has 0 spiro atoms. The number of amides is 3. The summed E-state index contributed by atoms with van der Waals surface area (Å²) in [6, 6.07) is 12.9. The van der Waals surface area contributed by atoms with Crippen LogP contribution >= 0.6 is 0 Å². The Balaban J connectivity index is 1.77. The molecule has 1 aliphatic heterocycles. The van der Waals surface area contributed by atoms with Gasteiger partial charge < -0.3 is 15.5 Å². The Morgan fingerprint density at radius 1 is 1.12 bits per heavy atom. The molecule has 33 heavy (non-hydrogen) atoms. The number of rotatable bonds is 10. The largest absolute Gasteiger partial charge is 0.351 e. The molecule has 6 nitrogen and oxygen atoms in total. The third-order valence-electron chi connectivity index (χ3n) is 6.48. The van der Waals surface area contributed by atoms with Crippen molar-refractivity contribution < 1.29 is 14.4 Å². The highest BCUT2D eigenvalue weighted by Gasteiger charge is 2.37. The molecule has 176 valence electrons. The first kappa shape index (κ1) is 24.5. The van der Waals surface area contributed by atoms with E-state index in [1.165, 1.54) is 0 Å². The first-order valence-corrected chi connectivity index (χ1v) is 12.0. The summed E-state index contributed by atoms with van der Waals surface area (Å²) >= 11 is 0. The predicted octanol–water partition coefficient (Wildman–Crippen LogP) is 3.60. The van der Waals surface area contributed by atoms with E-state index in [1.807, 2.05) is 56.3 Å². The van der Waals surface area contributed by atoms with Gasteiger partial charge in [0.1, 0.15) is 12.1 Å². The lowest BCUT2D eigenvalue weighted by Crippen LogP contribution is -2.54. The molecule has 6 heteroatoms. The molecule has 0 radical (unpaired) electrons. The van der Waals surface area contributed by atoms with E-state index in [-0.39, 0.29) is 23.6 Å². The molecular formula is C27H35N3O3. The molecule has 1 aliphatic rings. The van der Waals surface area contributed by atoms with E-state index < -0.39 is 12.1 Å². The van der Waals surface area contributed by atoms with Crippen LogP contribution in [-0.2, 0) is 20.8 Å². The molecule has 0 aliphatic carbocycles. The summed E-state index contributed by atoms with van der Waals surface area (Å²) in [5.74, 6) is -0.541. The number of fused-ring (bicyclic) bond motifs is 1. The summed E-state index contributed by atoms with van der Waals surface area (Å²) < 4.78 is 0. The molecule has 2 aromatic rings. The smallest absolute Gasteiger partial charge is 0.243 e. The first-order chi connectivity index (χ1) is 16.0. The van der Waals surface area contributed by atoms with Gasteiger partial charge in [-0.15, -0.1) is 6.58 Å². The van der Waals surface area contributed by atoms with Crippen LogP contribution in [0.15, 0.2) is 55.1 Å². The molecule has 2 unspecified atom stereocenters. The summed E-state index contributed by atoms with van der Waals surface area (Å²) in [7, 11) is 0. The lowest BCUT2D eigenvalue weighted by molar-refractivity contribution is -0.142. The van der Waals surface area contributed by atoms with Crippen molar-refractivity contribution in [2.75, 3.05) is 13.1 Å². The zero-order valence-corrected chi connectivity index (χ0v) is 19.7. The van der Waals surface area contributed by atoms with Crippen molar-refractivity contribution in [1.82, 2.24) is 15.5 Å². The van der Waals surface area contributed by atoms with E-state index >= 15 is 0 Å². The lowest BCUT2D eigenvalue weighted by atomic mass is 10.00. The molecule has 1 heterocycles. The van der Waals surface area contributed by atoms with Crippen LogP contribution in [0.25, 0.3) is 10.8 Å². The fraction of sp³-hybridized carbons (Fsp3) is 0.444. The van der Waals surface area contributed by atoms with Gasteiger partial charge >= 0.3 is 0 Å². The number of hydrogen-bond donors (Lipinski definition) is 2. The topological polar surface area (TPSA) is 78.5 Å². The Hall–Kier alpha value is -3.15. The second kappa shape index (κ2) is 11.6. The second-order valence-corrected chi connectivity index (χ2v) is 8.68. The number of benzene rings is 2. The lowest BCUT2D eigenvalue weighted by Gasteiger charge is -2.29. The Morgan fingerprint density at radius 2 is 1.85 bits per heavy atom. The Morgan fingerprint density at radius 3 is 2.55 bits per heavy atom. The van der Waals surface area contributed by atoms with Crippen LogP contribution in [0.1, 0.15) is 45.1 Å². The molecule has 2 atom stereocenters. The summed E-state index contributed by atoms with van der Waals surface area (Å²) in [4.78, 5) is 40.8. The minimum atomic E-state index is -0.732. The highest BCUT2D eigenvalue weighted by molar-refractivity contribution is 5.93. The van der Waals surface area contributed by atoms with Crippen molar-refractivity contribution in [3.8, 4) is 0 Å². The third-order valence-corrected chi connectivity index (χ3v) is 6.48. The van der Waals surface area contributed by atoms with Crippen molar-refractivity contribution in [2.24, 2.45) is 5.92 Å².